The molecule has 2 N–H and O–H groups in total. The fourth-order valence-electron chi connectivity index (χ4n) is 2.21. The molecule has 0 saturated heterocycles. The summed E-state index contributed by atoms with van der Waals surface area (Å²) in [5.74, 6) is 0.377. The Labute approximate surface area is 110 Å². The number of carbonyl (C=O) groups excluding carboxylic acids is 2. The maximum absolute atomic E-state index is 11.8. The van der Waals surface area contributed by atoms with Gasteiger partial charge >= 0.3 is 0 Å². The second-order valence-corrected chi connectivity index (χ2v) is 6.37. The summed E-state index contributed by atoms with van der Waals surface area (Å²) < 4.78 is 0. The molecule has 0 aliphatic heterocycles. The number of hydrogen-bond acceptors (Lipinski definition) is 2. The van der Waals surface area contributed by atoms with E-state index in [4.69, 9.17) is 0 Å². The van der Waals surface area contributed by atoms with E-state index in [1.54, 1.807) is 0 Å². The van der Waals surface area contributed by atoms with E-state index in [2.05, 4.69) is 17.6 Å². The molecule has 2 atom stereocenters. The summed E-state index contributed by atoms with van der Waals surface area (Å²) in [6, 6.07) is 0.276. The van der Waals surface area contributed by atoms with Crippen molar-refractivity contribution in [2.45, 2.75) is 59.4 Å². The molecule has 0 aromatic carbocycles. The van der Waals surface area contributed by atoms with E-state index in [-0.39, 0.29) is 24.4 Å². The molecule has 1 aliphatic carbocycles. The molecule has 1 aliphatic rings. The molecule has 4 heteroatoms. The maximum Gasteiger partial charge on any atom is 0.239 e. The SMILES string of the molecule is CC1CCCCC1NC(=O)CNC(=O)C(C)(C)C. The minimum atomic E-state index is -0.446. The standard InChI is InChI=1S/C14H26N2O2/c1-10-7-5-6-8-11(10)16-12(17)9-15-13(18)14(2,3)4/h10-11H,5-9H2,1-4H3,(H,15,18)(H,16,17). The minimum Gasteiger partial charge on any atom is -0.352 e. The van der Waals surface area contributed by atoms with Crippen molar-refractivity contribution in [3.63, 3.8) is 0 Å². The quantitative estimate of drug-likeness (QED) is 0.807. The minimum absolute atomic E-state index is 0.0775. The first-order chi connectivity index (χ1) is 8.30. The molecule has 4 nitrogen and oxygen atoms in total. The molecule has 2 unspecified atom stereocenters. The highest BCUT2D eigenvalue weighted by atomic mass is 16.2. The van der Waals surface area contributed by atoms with Gasteiger partial charge in [0.15, 0.2) is 0 Å². The van der Waals surface area contributed by atoms with Gasteiger partial charge in [-0.05, 0) is 18.8 Å². The van der Waals surface area contributed by atoms with Gasteiger partial charge in [0.1, 0.15) is 0 Å². The lowest BCUT2D eigenvalue weighted by Crippen LogP contribution is -2.47. The molecular weight excluding hydrogens is 228 g/mol. The van der Waals surface area contributed by atoms with Gasteiger partial charge in [0, 0.05) is 11.5 Å². The zero-order valence-electron chi connectivity index (χ0n) is 12.0. The Balaban J connectivity index is 2.31. The first-order valence-corrected chi connectivity index (χ1v) is 6.88. The number of amides is 2. The van der Waals surface area contributed by atoms with Crippen molar-refractivity contribution in [2.75, 3.05) is 6.54 Å². The van der Waals surface area contributed by atoms with E-state index in [0.29, 0.717) is 5.92 Å². The van der Waals surface area contributed by atoms with Crippen LogP contribution in [0.1, 0.15) is 53.4 Å². The molecule has 0 spiro atoms. The van der Waals surface area contributed by atoms with Crippen molar-refractivity contribution in [1.29, 1.82) is 0 Å². The number of carbonyl (C=O) groups is 2. The van der Waals surface area contributed by atoms with Crippen molar-refractivity contribution in [2.24, 2.45) is 11.3 Å². The van der Waals surface area contributed by atoms with Crippen LogP contribution in [-0.2, 0) is 9.59 Å². The van der Waals surface area contributed by atoms with E-state index in [0.717, 1.165) is 6.42 Å². The normalized spacial score (nSPS) is 24.4. The van der Waals surface area contributed by atoms with Gasteiger partial charge in [-0.25, -0.2) is 0 Å². The average molecular weight is 254 g/mol. The molecular formula is C14H26N2O2. The van der Waals surface area contributed by atoms with E-state index >= 15 is 0 Å². The summed E-state index contributed by atoms with van der Waals surface area (Å²) in [7, 11) is 0. The zero-order valence-corrected chi connectivity index (χ0v) is 12.0. The highest BCUT2D eigenvalue weighted by molar-refractivity contribution is 5.87. The van der Waals surface area contributed by atoms with E-state index in [1.165, 1.54) is 19.3 Å². The first-order valence-electron chi connectivity index (χ1n) is 6.88. The Morgan fingerprint density at radius 1 is 1.17 bits per heavy atom. The van der Waals surface area contributed by atoms with E-state index in [1.807, 2.05) is 20.8 Å². The van der Waals surface area contributed by atoms with E-state index in [9.17, 15) is 9.59 Å². The van der Waals surface area contributed by atoms with Crippen molar-refractivity contribution >= 4 is 11.8 Å². The molecule has 0 heterocycles. The summed E-state index contributed by atoms with van der Waals surface area (Å²) in [4.78, 5) is 23.4. The van der Waals surface area contributed by atoms with Crippen LogP contribution in [0.4, 0.5) is 0 Å². The van der Waals surface area contributed by atoms with E-state index < -0.39 is 5.41 Å². The predicted octanol–water partition coefficient (Wildman–Crippen LogP) is 1.84. The fourth-order valence-corrected chi connectivity index (χ4v) is 2.21. The second kappa shape index (κ2) is 6.21. The van der Waals surface area contributed by atoms with Gasteiger partial charge in [0.25, 0.3) is 0 Å². The van der Waals surface area contributed by atoms with Gasteiger partial charge in [-0.3, -0.25) is 9.59 Å². The lowest BCUT2D eigenvalue weighted by atomic mass is 9.86. The lowest BCUT2D eigenvalue weighted by molar-refractivity contribution is -0.131. The molecule has 2 amide bonds. The smallest absolute Gasteiger partial charge is 0.239 e. The highest BCUT2D eigenvalue weighted by Gasteiger charge is 2.24. The number of nitrogens with one attached hydrogen (secondary N) is 2. The lowest BCUT2D eigenvalue weighted by Gasteiger charge is -2.29. The first kappa shape index (κ1) is 15.0. The number of rotatable bonds is 3. The molecule has 1 rings (SSSR count). The van der Waals surface area contributed by atoms with Crippen LogP contribution in [0.15, 0.2) is 0 Å². The Hall–Kier alpha value is -1.06. The number of hydrogen-bond donors (Lipinski definition) is 2. The Morgan fingerprint density at radius 3 is 2.33 bits per heavy atom. The molecule has 0 aromatic heterocycles. The van der Waals surface area contributed by atoms with Gasteiger partial charge in [0.05, 0.1) is 6.54 Å². The van der Waals surface area contributed by atoms with Crippen LogP contribution in [-0.4, -0.2) is 24.4 Å². The maximum atomic E-state index is 11.8. The van der Waals surface area contributed by atoms with Crippen LogP contribution < -0.4 is 10.6 Å². The summed E-state index contributed by atoms with van der Waals surface area (Å²) in [5, 5.41) is 5.70. The van der Waals surface area contributed by atoms with Crippen molar-refractivity contribution < 1.29 is 9.59 Å². The van der Waals surface area contributed by atoms with Crippen LogP contribution in [0.3, 0.4) is 0 Å². The van der Waals surface area contributed by atoms with Crippen LogP contribution in [0, 0.1) is 11.3 Å². The van der Waals surface area contributed by atoms with Crippen molar-refractivity contribution in [1.82, 2.24) is 10.6 Å². The van der Waals surface area contributed by atoms with Crippen molar-refractivity contribution in [3.8, 4) is 0 Å². The van der Waals surface area contributed by atoms with Gasteiger partial charge in [-0.1, -0.05) is 40.5 Å². The van der Waals surface area contributed by atoms with Crippen LogP contribution >= 0.6 is 0 Å². The Kier molecular flexibility index (Phi) is 5.17. The van der Waals surface area contributed by atoms with Crippen molar-refractivity contribution in [3.05, 3.63) is 0 Å². The topological polar surface area (TPSA) is 58.2 Å². The van der Waals surface area contributed by atoms with Gasteiger partial charge in [-0.2, -0.15) is 0 Å². The summed E-state index contributed by atoms with van der Waals surface area (Å²) in [5.41, 5.74) is -0.446. The largest absolute Gasteiger partial charge is 0.352 e. The summed E-state index contributed by atoms with van der Waals surface area (Å²) >= 11 is 0. The third kappa shape index (κ3) is 4.67. The van der Waals surface area contributed by atoms with Crippen LogP contribution in [0.25, 0.3) is 0 Å². The van der Waals surface area contributed by atoms with Gasteiger partial charge < -0.3 is 10.6 Å². The van der Waals surface area contributed by atoms with Crippen LogP contribution in [0.5, 0.6) is 0 Å². The highest BCUT2D eigenvalue weighted by Crippen LogP contribution is 2.23. The zero-order chi connectivity index (χ0) is 13.8. The second-order valence-electron chi connectivity index (χ2n) is 6.37. The fraction of sp³-hybridized carbons (Fsp3) is 0.857. The Morgan fingerprint density at radius 2 is 1.78 bits per heavy atom. The summed E-state index contributed by atoms with van der Waals surface area (Å²) in [6.45, 7) is 7.77. The Bertz CT molecular complexity index is 307. The van der Waals surface area contributed by atoms with Crippen LogP contribution in [0.2, 0.25) is 0 Å². The molecule has 0 bridgehead atoms. The predicted molar refractivity (Wildman–Crippen MR) is 72.0 cm³/mol. The molecule has 18 heavy (non-hydrogen) atoms. The monoisotopic (exact) mass is 254 g/mol. The molecule has 1 fully saturated rings. The molecule has 0 radical (unpaired) electrons. The van der Waals surface area contributed by atoms with Gasteiger partial charge in [-0.15, -0.1) is 0 Å². The third-order valence-corrected chi connectivity index (χ3v) is 3.55. The molecule has 104 valence electrons. The average Bonchev–Trinajstić information content (AvgIpc) is 2.27. The summed E-state index contributed by atoms with van der Waals surface area (Å²) in [6.07, 6.45) is 4.68. The van der Waals surface area contributed by atoms with Gasteiger partial charge in [0.2, 0.25) is 11.8 Å². The molecule has 0 aromatic rings. The molecule has 1 saturated carbocycles. The third-order valence-electron chi connectivity index (χ3n) is 3.55.